The van der Waals surface area contributed by atoms with Crippen LogP contribution in [0, 0.1) is 6.92 Å². The number of ether oxygens (including phenoxy) is 1. The van der Waals surface area contributed by atoms with Crippen LogP contribution in [0.4, 0.5) is 17.5 Å². The number of nitrogens with zero attached hydrogens (tertiary/aromatic N) is 6. The van der Waals surface area contributed by atoms with E-state index in [1.54, 1.807) is 6.33 Å². The van der Waals surface area contributed by atoms with E-state index in [1.807, 2.05) is 24.3 Å². The molecular formula is C33H40N8O2. The molecule has 0 bridgehead atoms. The van der Waals surface area contributed by atoms with Gasteiger partial charge < -0.3 is 20.2 Å². The van der Waals surface area contributed by atoms with Crippen LogP contribution in [0.3, 0.4) is 0 Å². The predicted molar refractivity (Wildman–Crippen MR) is 170 cm³/mol. The van der Waals surface area contributed by atoms with Crippen LogP contribution in [0.5, 0.6) is 0 Å². The first kappa shape index (κ1) is 27.8. The maximum absolute atomic E-state index is 6.42. The van der Waals surface area contributed by atoms with E-state index in [1.165, 1.54) is 5.56 Å². The number of morpholine rings is 1. The number of anilines is 3. The summed E-state index contributed by atoms with van der Waals surface area (Å²) in [5.74, 6) is 0.451. The van der Waals surface area contributed by atoms with Gasteiger partial charge in [0.05, 0.1) is 24.6 Å². The molecule has 0 radical (unpaired) electrons. The summed E-state index contributed by atoms with van der Waals surface area (Å²) in [5.41, 5.74) is 13.8. The molecule has 0 atom stereocenters. The molecule has 0 spiro atoms. The van der Waals surface area contributed by atoms with Crippen molar-refractivity contribution in [3.8, 4) is 11.3 Å². The van der Waals surface area contributed by atoms with Crippen LogP contribution in [-0.4, -0.2) is 62.0 Å². The second kappa shape index (κ2) is 10.9. The zero-order valence-corrected chi connectivity index (χ0v) is 25.4. The minimum atomic E-state index is -0.0530. The van der Waals surface area contributed by atoms with Gasteiger partial charge >= 0.3 is 0 Å². The number of fused-ring (bicyclic) bond motifs is 2. The van der Waals surface area contributed by atoms with Crippen molar-refractivity contribution in [1.82, 2.24) is 29.6 Å². The maximum atomic E-state index is 6.42. The first-order chi connectivity index (χ1) is 20.7. The van der Waals surface area contributed by atoms with Crippen molar-refractivity contribution in [2.24, 2.45) is 0 Å². The fraction of sp³-hybridized carbons (Fsp3) is 0.455. The van der Waals surface area contributed by atoms with Gasteiger partial charge in [0.1, 0.15) is 23.4 Å². The lowest BCUT2D eigenvalue weighted by atomic mass is 9.85. The zero-order valence-electron chi connectivity index (χ0n) is 25.4. The second-order valence-corrected chi connectivity index (χ2v) is 13.0. The number of aryl methyl sites for hydroxylation is 1. The van der Waals surface area contributed by atoms with Gasteiger partial charge in [-0.05, 0) is 61.8 Å². The van der Waals surface area contributed by atoms with Crippen LogP contribution < -0.4 is 11.1 Å². The average molecular weight is 581 g/mol. The summed E-state index contributed by atoms with van der Waals surface area (Å²) < 4.78 is 13.9. The number of rotatable bonds is 5. The second-order valence-electron chi connectivity index (χ2n) is 13.0. The van der Waals surface area contributed by atoms with E-state index in [0.717, 1.165) is 96.6 Å². The Balaban J connectivity index is 1.14. The molecular weight excluding hydrogens is 540 g/mol. The number of nitrogen functional groups attached to an aromatic ring is 1. The van der Waals surface area contributed by atoms with E-state index in [0.29, 0.717) is 17.9 Å². The summed E-state index contributed by atoms with van der Waals surface area (Å²) in [4.78, 5) is 16.3. The Hall–Kier alpha value is -4.02. The number of oxazole rings is 1. The van der Waals surface area contributed by atoms with Gasteiger partial charge in [0.25, 0.3) is 6.01 Å². The summed E-state index contributed by atoms with van der Waals surface area (Å²) in [6.07, 6.45) is 5.96. The minimum Gasteiger partial charge on any atom is -0.423 e. The molecule has 43 heavy (non-hydrogen) atoms. The quantitative estimate of drug-likeness (QED) is 0.244. The molecule has 10 heteroatoms. The standard InChI is InChI=1S/C33H40N8O2/c1-20-17-25(33(2,3)4)29-26(18-20)38-32(43-29)37-22-7-5-21(6-8-22)28-27-30(34)35-19-36-31(27)41(39-28)24-11-9-23(10-12-24)40-13-15-42-16-14-40/h5-8,17-19,23-24H,9-16H2,1-4H3,(H,37,38)(H2,34,35,36)/t23-,24-. The van der Waals surface area contributed by atoms with Crippen molar-refractivity contribution in [3.63, 3.8) is 0 Å². The Bertz CT molecular complexity index is 1750. The zero-order chi connectivity index (χ0) is 29.7. The van der Waals surface area contributed by atoms with Gasteiger partial charge in [-0.1, -0.05) is 39.0 Å². The van der Waals surface area contributed by atoms with E-state index < -0.39 is 0 Å². The molecule has 1 saturated carbocycles. The summed E-state index contributed by atoms with van der Waals surface area (Å²) in [7, 11) is 0. The Kier molecular flexibility index (Phi) is 7.05. The molecule has 4 heterocycles. The summed E-state index contributed by atoms with van der Waals surface area (Å²) >= 11 is 0. The van der Waals surface area contributed by atoms with Crippen LogP contribution in [0.1, 0.15) is 63.6 Å². The van der Waals surface area contributed by atoms with Crippen LogP contribution in [-0.2, 0) is 10.2 Å². The van der Waals surface area contributed by atoms with Crippen molar-refractivity contribution in [3.05, 3.63) is 53.9 Å². The number of benzene rings is 2. The molecule has 1 aliphatic heterocycles. The van der Waals surface area contributed by atoms with E-state index in [-0.39, 0.29) is 11.5 Å². The lowest BCUT2D eigenvalue weighted by molar-refractivity contribution is 0.00520. The molecule has 3 N–H and O–H groups in total. The highest BCUT2D eigenvalue weighted by molar-refractivity contribution is 5.98. The Morgan fingerprint density at radius 1 is 0.953 bits per heavy atom. The number of hydrogen-bond acceptors (Lipinski definition) is 9. The monoisotopic (exact) mass is 580 g/mol. The molecule has 2 fully saturated rings. The normalized spacial score (nSPS) is 20.2. The molecule has 224 valence electrons. The third-order valence-corrected chi connectivity index (χ3v) is 8.94. The number of nitrogens with one attached hydrogen (secondary N) is 1. The molecule has 2 aromatic carbocycles. The highest BCUT2D eigenvalue weighted by Gasteiger charge is 2.30. The van der Waals surface area contributed by atoms with Crippen molar-refractivity contribution >= 4 is 39.7 Å². The van der Waals surface area contributed by atoms with Crippen molar-refractivity contribution in [2.45, 2.75) is 70.9 Å². The maximum Gasteiger partial charge on any atom is 0.300 e. The van der Waals surface area contributed by atoms with Gasteiger partial charge in [-0.3, -0.25) is 4.90 Å². The molecule has 1 saturated heterocycles. The molecule has 1 aliphatic carbocycles. The van der Waals surface area contributed by atoms with Gasteiger partial charge in [-0.15, -0.1) is 0 Å². The molecule has 0 amide bonds. The average Bonchev–Trinajstić information content (AvgIpc) is 3.59. The van der Waals surface area contributed by atoms with Crippen LogP contribution >= 0.6 is 0 Å². The van der Waals surface area contributed by atoms with Gasteiger partial charge in [0.15, 0.2) is 11.2 Å². The number of nitrogens with two attached hydrogens (primary N) is 1. The van der Waals surface area contributed by atoms with Crippen LogP contribution in [0.2, 0.25) is 0 Å². The molecule has 5 aromatic rings. The van der Waals surface area contributed by atoms with Gasteiger partial charge in [0, 0.05) is 35.9 Å². The fourth-order valence-electron chi connectivity index (χ4n) is 6.68. The van der Waals surface area contributed by atoms with E-state index in [4.69, 9.17) is 25.0 Å². The first-order valence-electron chi connectivity index (χ1n) is 15.3. The Labute approximate surface area is 251 Å². The smallest absolute Gasteiger partial charge is 0.300 e. The lowest BCUT2D eigenvalue weighted by Gasteiger charge is -2.38. The Morgan fingerprint density at radius 2 is 1.67 bits per heavy atom. The third kappa shape index (κ3) is 5.34. The SMILES string of the molecule is Cc1cc(C(C)(C)C)c2oc(Nc3ccc(-c4nn([C@H]5CC[C@H](N6CCOCC6)CC5)c5ncnc(N)c45)cc3)nc2c1. The molecule has 10 nitrogen and oxygen atoms in total. The van der Waals surface area contributed by atoms with Crippen molar-refractivity contribution < 1.29 is 9.15 Å². The predicted octanol–water partition coefficient (Wildman–Crippen LogP) is 6.38. The van der Waals surface area contributed by atoms with E-state index in [2.05, 4.69) is 64.7 Å². The van der Waals surface area contributed by atoms with Crippen molar-refractivity contribution in [1.29, 1.82) is 0 Å². The number of hydrogen-bond donors (Lipinski definition) is 2. The third-order valence-electron chi connectivity index (χ3n) is 8.94. The lowest BCUT2D eigenvalue weighted by Crippen LogP contribution is -2.45. The molecule has 0 unspecified atom stereocenters. The van der Waals surface area contributed by atoms with Gasteiger partial charge in [0.2, 0.25) is 0 Å². The minimum absolute atomic E-state index is 0.0530. The van der Waals surface area contributed by atoms with Crippen molar-refractivity contribution in [2.75, 3.05) is 37.4 Å². The summed E-state index contributed by atoms with van der Waals surface area (Å²) in [6.45, 7) is 12.4. The van der Waals surface area contributed by atoms with Crippen LogP contribution in [0.15, 0.2) is 47.1 Å². The van der Waals surface area contributed by atoms with Crippen LogP contribution in [0.25, 0.3) is 33.4 Å². The molecule has 7 rings (SSSR count). The van der Waals surface area contributed by atoms with E-state index in [9.17, 15) is 0 Å². The van der Waals surface area contributed by atoms with E-state index >= 15 is 0 Å². The highest BCUT2D eigenvalue weighted by atomic mass is 16.5. The van der Waals surface area contributed by atoms with Gasteiger partial charge in [-0.25, -0.2) is 14.6 Å². The highest BCUT2D eigenvalue weighted by Crippen LogP contribution is 2.38. The Morgan fingerprint density at radius 3 is 2.40 bits per heavy atom. The molecule has 3 aromatic heterocycles. The van der Waals surface area contributed by atoms with Gasteiger partial charge in [-0.2, -0.15) is 10.1 Å². The number of aromatic nitrogens is 5. The summed E-state index contributed by atoms with van der Waals surface area (Å²) in [5, 5.41) is 9.26. The topological polar surface area (TPSA) is 120 Å². The summed E-state index contributed by atoms with van der Waals surface area (Å²) in [6, 6.07) is 13.7. The fourth-order valence-corrected chi connectivity index (χ4v) is 6.68. The largest absolute Gasteiger partial charge is 0.423 e. The first-order valence-corrected chi connectivity index (χ1v) is 15.3. The molecule has 2 aliphatic rings.